The minimum Gasteiger partial charge on any atom is -0.491 e. The number of likely N-dealkylation sites (tertiary alicyclic amines) is 1. The highest BCUT2D eigenvalue weighted by Crippen LogP contribution is 2.29. The van der Waals surface area contributed by atoms with Crippen molar-refractivity contribution in [3.05, 3.63) is 29.8 Å². The first-order valence-electron chi connectivity index (χ1n) is 8.41. The molecule has 0 bridgehead atoms. The highest BCUT2D eigenvalue weighted by Gasteiger charge is 2.37. The summed E-state index contributed by atoms with van der Waals surface area (Å²) < 4.78 is 11.4. The predicted molar refractivity (Wildman–Crippen MR) is 86.2 cm³/mol. The van der Waals surface area contributed by atoms with Crippen LogP contribution in [-0.2, 0) is 4.74 Å². The van der Waals surface area contributed by atoms with Crippen molar-refractivity contribution in [2.75, 3.05) is 32.9 Å². The van der Waals surface area contributed by atoms with E-state index in [9.17, 15) is 5.11 Å². The number of ether oxygens (including phenoxy) is 2. The van der Waals surface area contributed by atoms with Crippen molar-refractivity contribution in [3.8, 4) is 11.8 Å². The maximum Gasteiger partial charge on any atom is 0.137 e. The van der Waals surface area contributed by atoms with Crippen LogP contribution in [-0.4, -0.2) is 55.1 Å². The van der Waals surface area contributed by atoms with Crippen LogP contribution < -0.4 is 4.74 Å². The topological polar surface area (TPSA) is 65.7 Å². The molecule has 1 aromatic carbocycles. The van der Waals surface area contributed by atoms with Crippen LogP contribution in [0.25, 0.3) is 0 Å². The first-order valence-corrected chi connectivity index (χ1v) is 8.41. The molecular weight excluding hydrogens is 292 g/mol. The Morgan fingerprint density at radius 2 is 2.22 bits per heavy atom. The van der Waals surface area contributed by atoms with Gasteiger partial charge in [-0.25, -0.2) is 0 Å². The van der Waals surface area contributed by atoms with E-state index in [2.05, 4.69) is 11.0 Å². The van der Waals surface area contributed by atoms with Gasteiger partial charge in [0, 0.05) is 25.1 Å². The molecule has 3 rings (SSSR count). The van der Waals surface area contributed by atoms with Gasteiger partial charge >= 0.3 is 0 Å². The summed E-state index contributed by atoms with van der Waals surface area (Å²) in [6, 6.07) is 9.85. The fourth-order valence-corrected chi connectivity index (χ4v) is 3.69. The quantitative estimate of drug-likeness (QED) is 0.897. The average molecular weight is 316 g/mol. The van der Waals surface area contributed by atoms with Crippen molar-refractivity contribution >= 4 is 0 Å². The van der Waals surface area contributed by atoms with Gasteiger partial charge in [0.05, 0.1) is 18.3 Å². The normalized spacial score (nSPS) is 28.4. The summed E-state index contributed by atoms with van der Waals surface area (Å²) in [4.78, 5) is 2.40. The summed E-state index contributed by atoms with van der Waals surface area (Å²) in [6.07, 6.45) is 2.75. The van der Waals surface area contributed by atoms with Gasteiger partial charge in [-0.15, -0.1) is 0 Å². The van der Waals surface area contributed by atoms with Gasteiger partial charge in [0.2, 0.25) is 0 Å². The van der Waals surface area contributed by atoms with Crippen molar-refractivity contribution in [2.45, 2.75) is 31.4 Å². The minimum absolute atomic E-state index is 0.206. The molecule has 0 spiro atoms. The molecule has 23 heavy (non-hydrogen) atoms. The second-order valence-corrected chi connectivity index (χ2v) is 6.30. The fourth-order valence-electron chi connectivity index (χ4n) is 3.69. The molecule has 2 heterocycles. The molecule has 0 aliphatic carbocycles. The van der Waals surface area contributed by atoms with Gasteiger partial charge in [0.1, 0.15) is 18.4 Å². The molecule has 124 valence electrons. The van der Waals surface area contributed by atoms with E-state index < -0.39 is 0 Å². The first kappa shape index (κ1) is 16.3. The molecule has 5 nitrogen and oxygen atoms in total. The van der Waals surface area contributed by atoms with Crippen LogP contribution in [0, 0.1) is 17.2 Å². The molecule has 0 aromatic heterocycles. The average Bonchev–Trinajstić information content (AvgIpc) is 3.04. The Kier molecular flexibility index (Phi) is 5.50. The van der Waals surface area contributed by atoms with Crippen LogP contribution in [0.2, 0.25) is 0 Å². The zero-order valence-electron chi connectivity index (χ0n) is 13.4. The molecule has 2 fully saturated rings. The van der Waals surface area contributed by atoms with Crippen molar-refractivity contribution in [1.82, 2.24) is 4.90 Å². The molecule has 2 aliphatic rings. The van der Waals surface area contributed by atoms with Gasteiger partial charge in [-0.2, -0.15) is 5.26 Å². The zero-order valence-corrected chi connectivity index (χ0v) is 13.4. The maximum absolute atomic E-state index is 10.2. The number of hydrogen-bond acceptors (Lipinski definition) is 5. The van der Waals surface area contributed by atoms with E-state index in [0.29, 0.717) is 37.2 Å². The Labute approximate surface area is 137 Å². The third kappa shape index (κ3) is 3.84. The molecule has 2 saturated heterocycles. The van der Waals surface area contributed by atoms with Gasteiger partial charge in [-0.3, -0.25) is 4.90 Å². The third-order valence-electron chi connectivity index (χ3n) is 4.91. The van der Waals surface area contributed by atoms with E-state index in [4.69, 9.17) is 14.7 Å². The number of benzene rings is 1. The van der Waals surface area contributed by atoms with Crippen LogP contribution >= 0.6 is 0 Å². The summed E-state index contributed by atoms with van der Waals surface area (Å²) in [5, 5.41) is 19.3. The van der Waals surface area contributed by atoms with E-state index in [1.54, 1.807) is 6.07 Å². The van der Waals surface area contributed by atoms with Crippen LogP contribution in [0.1, 0.15) is 24.8 Å². The van der Waals surface area contributed by atoms with E-state index >= 15 is 0 Å². The van der Waals surface area contributed by atoms with Crippen LogP contribution in [0.3, 0.4) is 0 Å². The molecule has 3 atom stereocenters. The third-order valence-corrected chi connectivity index (χ3v) is 4.91. The maximum atomic E-state index is 10.2. The molecule has 0 amide bonds. The minimum atomic E-state index is -0.255. The lowest BCUT2D eigenvalue weighted by atomic mass is 9.89. The molecule has 0 radical (unpaired) electrons. The van der Waals surface area contributed by atoms with Crippen molar-refractivity contribution in [2.24, 2.45) is 5.92 Å². The van der Waals surface area contributed by atoms with E-state index in [0.717, 1.165) is 32.4 Å². The molecule has 1 N–H and O–H groups in total. The highest BCUT2D eigenvalue weighted by molar-refractivity contribution is 5.42. The van der Waals surface area contributed by atoms with Crippen LogP contribution in [0.4, 0.5) is 0 Å². The number of nitriles is 1. The molecule has 3 unspecified atom stereocenters. The van der Waals surface area contributed by atoms with E-state index in [-0.39, 0.29) is 12.0 Å². The van der Waals surface area contributed by atoms with Gasteiger partial charge in [-0.05, 0) is 37.9 Å². The van der Waals surface area contributed by atoms with E-state index in [1.165, 1.54) is 0 Å². The summed E-state index contributed by atoms with van der Waals surface area (Å²) in [6.45, 7) is 3.72. The molecule has 2 aliphatic heterocycles. The Bertz CT molecular complexity index is 557. The Morgan fingerprint density at radius 3 is 3.04 bits per heavy atom. The van der Waals surface area contributed by atoms with Gasteiger partial charge in [-0.1, -0.05) is 12.1 Å². The number of nitrogens with zero attached hydrogens (tertiary/aromatic N) is 2. The monoisotopic (exact) mass is 316 g/mol. The number of para-hydroxylation sites is 1. The lowest BCUT2D eigenvalue weighted by Gasteiger charge is -2.37. The number of aliphatic hydroxyl groups excluding tert-OH is 1. The summed E-state index contributed by atoms with van der Waals surface area (Å²) in [7, 11) is 0. The van der Waals surface area contributed by atoms with Gasteiger partial charge in [0.15, 0.2) is 0 Å². The Hall–Kier alpha value is -1.61. The lowest BCUT2D eigenvalue weighted by Crippen LogP contribution is -2.47. The molecule has 0 saturated carbocycles. The molecule has 5 heteroatoms. The summed E-state index contributed by atoms with van der Waals surface area (Å²) in [5.41, 5.74) is 0.571. The van der Waals surface area contributed by atoms with Crippen LogP contribution in [0.15, 0.2) is 24.3 Å². The van der Waals surface area contributed by atoms with Gasteiger partial charge < -0.3 is 14.6 Å². The Balaban J connectivity index is 1.54. The SMILES string of the molecule is N#Cc1ccccc1OCCN1CCCC1C1COCCC1O. The smallest absolute Gasteiger partial charge is 0.137 e. The number of aliphatic hydroxyl groups is 1. The fraction of sp³-hybridized carbons (Fsp3) is 0.611. The lowest BCUT2D eigenvalue weighted by molar-refractivity contribution is -0.0634. The first-order chi connectivity index (χ1) is 11.3. The number of rotatable bonds is 5. The van der Waals surface area contributed by atoms with E-state index in [1.807, 2.05) is 18.2 Å². The van der Waals surface area contributed by atoms with Crippen molar-refractivity contribution in [1.29, 1.82) is 5.26 Å². The Morgan fingerprint density at radius 1 is 1.35 bits per heavy atom. The summed E-state index contributed by atoms with van der Waals surface area (Å²) in [5.74, 6) is 0.851. The predicted octanol–water partition coefficient (Wildman–Crippen LogP) is 1.80. The van der Waals surface area contributed by atoms with Crippen molar-refractivity contribution < 1.29 is 14.6 Å². The largest absolute Gasteiger partial charge is 0.491 e. The molecule has 1 aromatic rings. The van der Waals surface area contributed by atoms with Gasteiger partial charge in [0.25, 0.3) is 0 Å². The highest BCUT2D eigenvalue weighted by atomic mass is 16.5. The zero-order chi connectivity index (χ0) is 16.1. The second kappa shape index (κ2) is 7.78. The second-order valence-electron chi connectivity index (χ2n) is 6.30. The standard InChI is InChI=1S/C18H24N2O3/c19-12-14-4-1-2-6-18(14)23-11-9-20-8-3-5-16(20)15-13-22-10-7-17(15)21/h1-2,4,6,15-17,21H,3,5,7-11,13H2. The summed E-state index contributed by atoms with van der Waals surface area (Å²) >= 11 is 0. The molecular formula is C18H24N2O3. The van der Waals surface area contributed by atoms with Crippen LogP contribution in [0.5, 0.6) is 5.75 Å². The van der Waals surface area contributed by atoms with Crippen molar-refractivity contribution in [3.63, 3.8) is 0 Å². The number of hydrogen-bond donors (Lipinski definition) is 1.